The Bertz CT molecular complexity index is 1420. The number of benzene rings is 2. The number of ether oxygens (including phenoxy) is 2. The van der Waals surface area contributed by atoms with Crippen molar-refractivity contribution in [3.63, 3.8) is 0 Å². The fourth-order valence-electron chi connectivity index (χ4n) is 3.66. The molecule has 8 nitrogen and oxygen atoms in total. The Balaban J connectivity index is 1.62. The van der Waals surface area contributed by atoms with E-state index in [1.807, 2.05) is 43.3 Å². The summed E-state index contributed by atoms with van der Waals surface area (Å²) in [6.45, 7) is 1.84. The molecule has 0 fully saturated rings. The molecule has 0 aliphatic carbocycles. The molecule has 2 heterocycles. The van der Waals surface area contributed by atoms with E-state index < -0.39 is 0 Å². The van der Waals surface area contributed by atoms with E-state index in [-0.39, 0.29) is 18.2 Å². The number of thiazole rings is 1. The number of methoxy groups -OCH3 is 2. The molecule has 0 spiro atoms. The zero-order valence-corrected chi connectivity index (χ0v) is 20.6. The first-order valence-corrected chi connectivity index (χ1v) is 11.7. The quantitative estimate of drug-likeness (QED) is 0.340. The number of nitrogens with zero attached hydrogens (tertiary/aromatic N) is 1. The normalized spacial score (nSPS) is 11.4. The number of fused-ring (bicyclic) bond motifs is 1. The van der Waals surface area contributed by atoms with Crippen LogP contribution in [-0.2, 0) is 16.0 Å². The summed E-state index contributed by atoms with van der Waals surface area (Å²) in [5.41, 5.74) is 4.61. The SMILES string of the molecule is CNC(=O)Cc1csc(NC(=O)/C=C(\C)c2cc3c(-c4cccc(OC)c4)coc3cc2OC)n1. The summed E-state index contributed by atoms with van der Waals surface area (Å²) in [6, 6.07) is 11.5. The van der Waals surface area contributed by atoms with Crippen molar-refractivity contribution in [3.8, 4) is 22.6 Å². The number of hydrogen-bond donors (Lipinski definition) is 2. The Labute approximate surface area is 206 Å². The molecule has 0 unspecified atom stereocenters. The number of aromatic nitrogens is 1. The Morgan fingerprint density at radius 3 is 2.74 bits per heavy atom. The smallest absolute Gasteiger partial charge is 0.250 e. The molecule has 0 saturated heterocycles. The van der Waals surface area contributed by atoms with Gasteiger partial charge in [-0.3, -0.25) is 14.9 Å². The zero-order chi connectivity index (χ0) is 24.9. The van der Waals surface area contributed by atoms with Crippen molar-refractivity contribution in [2.75, 3.05) is 26.6 Å². The van der Waals surface area contributed by atoms with E-state index in [1.165, 1.54) is 17.4 Å². The van der Waals surface area contributed by atoms with E-state index in [2.05, 4.69) is 15.6 Å². The van der Waals surface area contributed by atoms with Crippen LogP contribution in [0.15, 0.2) is 58.5 Å². The van der Waals surface area contributed by atoms with Crippen LogP contribution >= 0.6 is 11.3 Å². The maximum atomic E-state index is 12.7. The molecule has 180 valence electrons. The van der Waals surface area contributed by atoms with Crippen LogP contribution in [0.2, 0.25) is 0 Å². The molecule has 0 bridgehead atoms. The van der Waals surface area contributed by atoms with Crippen molar-refractivity contribution in [1.82, 2.24) is 10.3 Å². The van der Waals surface area contributed by atoms with E-state index in [4.69, 9.17) is 13.9 Å². The van der Waals surface area contributed by atoms with Crippen molar-refractivity contribution < 1.29 is 23.5 Å². The Morgan fingerprint density at radius 1 is 1.17 bits per heavy atom. The highest BCUT2D eigenvalue weighted by Gasteiger charge is 2.16. The second kappa shape index (κ2) is 10.4. The third-order valence-electron chi connectivity index (χ3n) is 5.45. The summed E-state index contributed by atoms with van der Waals surface area (Å²) in [5.74, 6) is 0.872. The van der Waals surface area contributed by atoms with E-state index >= 15 is 0 Å². The maximum Gasteiger partial charge on any atom is 0.250 e. The molecule has 0 atom stereocenters. The van der Waals surface area contributed by atoms with Crippen molar-refractivity contribution in [1.29, 1.82) is 0 Å². The Morgan fingerprint density at radius 2 is 2.00 bits per heavy atom. The fraction of sp³-hybridized carbons (Fsp3) is 0.192. The first kappa shape index (κ1) is 24.0. The highest BCUT2D eigenvalue weighted by atomic mass is 32.1. The number of anilines is 1. The predicted molar refractivity (Wildman–Crippen MR) is 137 cm³/mol. The monoisotopic (exact) mass is 491 g/mol. The lowest BCUT2D eigenvalue weighted by molar-refractivity contribution is -0.120. The molecule has 2 N–H and O–H groups in total. The summed E-state index contributed by atoms with van der Waals surface area (Å²) in [6.07, 6.45) is 3.36. The van der Waals surface area contributed by atoms with Crippen LogP contribution < -0.4 is 20.1 Å². The van der Waals surface area contributed by atoms with Gasteiger partial charge in [0.25, 0.3) is 0 Å². The summed E-state index contributed by atoms with van der Waals surface area (Å²) in [5, 5.41) is 8.38. The average molecular weight is 492 g/mol. The van der Waals surface area contributed by atoms with Crippen LogP contribution in [-0.4, -0.2) is 38.1 Å². The van der Waals surface area contributed by atoms with Gasteiger partial charge >= 0.3 is 0 Å². The largest absolute Gasteiger partial charge is 0.497 e. The van der Waals surface area contributed by atoms with Crippen LogP contribution in [0.4, 0.5) is 5.13 Å². The van der Waals surface area contributed by atoms with E-state index in [1.54, 1.807) is 32.9 Å². The van der Waals surface area contributed by atoms with Crippen molar-refractivity contribution in [2.45, 2.75) is 13.3 Å². The zero-order valence-electron chi connectivity index (χ0n) is 19.8. The summed E-state index contributed by atoms with van der Waals surface area (Å²) < 4.78 is 16.7. The molecule has 0 aliphatic rings. The average Bonchev–Trinajstić information content (AvgIpc) is 3.48. The molecule has 0 aliphatic heterocycles. The number of furan rings is 1. The van der Waals surface area contributed by atoms with Gasteiger partial charge in [-0.25, -0.2) is 4.98 Å². The standard InChI is InChI=1S/C26H25N3O5S/c1-15(8-25(31)29-26-28-17(14-35-26)10-24(30)27-2)19-11-20-21(13-34-23(20)12-22(19)33-4)16-6-5-7-18(9-16)32-3/h5-9,11-14H,10H2,1-4H3,(H,27,30)(H,28,29,31)/b15-8+. The summed E-state index contributed by atoms with van der Waals surface area (Å²) in [7, 11) is 4.77. The molecule has 4 aromatic rings. The van der Waals surface area contributed by atoms with Gasteiger partial charge in [0.15, 0.2) is 5.13 Å². The van der Waals surface area contributed by atoms with E-state index in [0.717, 1.165) is 27.8 Å². The topological polar surface area (TPSA) is 103 Å². The van der Waals surface area contributed by atoms with Crippen LogP contribution in [0.3, 0.4) is 0 Å². The highest BCUT2D eigenvalue weighted by Crippen LogP contribution is 2.38. The minimum absolute atomic E-state index is 0.140. The van der Waals surface area contributed by atoms with Gasteiger partial charge in [0.1, 0.15) is 17.1 Å². The van der Waals surface area contributed by atoms with E-state index in [0.29, 0.717) is 27.7 Å². The fourth-order valence-corrected chi connectivity index (χ4v) is 4.37. The minimum atomic E-state index is -0.328. The lowest BCUT2D eigenvalue weighted by Crippen LogP contribution is -2.20. The molecular formula is C26H25N3O5S. The molecule has 2 aromatic heterocycles. The molecule has 2 amide bonds. The third-order valence-corrected chi connectivity index (χ3v) is 6.26. The second-order valence-corrected chi connectivity index (χ2v) is 8.60. The number of amides is 2. The van der Waals surface area contributed by atoms with Gasteiger partial charge in [-0.1, -0.05) is 12.1 Å². The lowest BCUT2D eigenvalue weighted by atomic mass is 9.99. The number of likely N-dealkylation sites (N-methyl/N-ethyl adjacent to an activating group) is 1. The third kappa shape index (κ3) is 5.36. The number of allylic oxidation sites excluding steroid dienone is 1. The van der Waals surface area contributed by atoms with Crippen molar-refractivity contribution in [3.05, 3.63) is 65.4 Å². The van der Waals surface area contributed by atoms with Gasteiger partial charge in [-0.15, -0.1) is 11.3 Å². The molecule has 0 saturated carbocycles. The van der Waals surface area contributed by atoms with Crippen molar-refractivity contribution in [2.24, 2.45) is 0 Å². The van der Waals surface area contributed by atoms with Crippen LogP contribution in [0.25, 0.3) is 27.7 Å². The number of carbonyl (C=O) groups is 2. The minimum Gasteiger partial charge on any atom is -0.497 e. The summed E-state index contributed by atoms with van der Waals surface area (Å²) >= 11 is 1.27. The van der Waals surface area contributed by atoms with Gasteiger partial charge in [0.2, 0.25) is 11.8 Å². The predicted octanol–water partition coefficient (Wildman–Crippen LogP) is 4.90. The van der Waals surface area contributed by atoms with Gasteiger partial charge in [0, 0.05) is 41.1 Å². The molecule has 9 heteroatoms. The maximum absolute atomic E-state index is 12.7. The van der Waals surface area contributed by atoms with Gasteiger partial charge in [-0.05, 0) is 36.3 Å². The van der Waals surface area contributed by atoms with Crippen molar-refractivity contribution >= 4 is 44.8 Å². The van der Waals surface area contributed by atoms with E-state index in [9.17, 15) is 9.59 Å². The van der Waals surface area contributed by atoms with Crippen LogP contribution in [0.5, 0.6) is 11.5 Å². The first-order valence-electron chi connectivity index (χ1n) is 10.8. The number of nitrogens with one attached hydrogen (secondary N) is 2. The van der Waals surface area contributed by atoms with Gasteiger partial charge in [-0.2, -0.15) is 0 Å². The molecule has 0 radical (unpaired) electrons. The number of hydrogen-bond acceptors (Lipinski definition) is 7. The Kier molecular flexibility index (Phi) is 7.17. The summed E-state index contributed by atoms with van der Waals surface area (Å²) in [4.78, 5) is 28.5. The van der Waals surface area contributed by atoms with Gasteiger partial charge < -0.3 is 19.2 Å². The molecule has 2 aromatic carbocycles. The molecular weight excluding hydrogens is 466 g/mol. The first-order chi connectivity index (χ1) is 16.9. The Hall–Kier alpha value is -4.11. The lowest BCUT2D eigenvalue weighted by Gasteiger charge is -2.10. The van der Waals surface area contributed by atoms with Gasteiger partial charge in [0.05, 0.1) is 32.6 Å². The molecule has 35 heavy (non-hydrogen) atoms. The molecule has 4 rings (SSSR count). The highest BCUT2D eigenvalue weighted by molar-refractivity contribution is 7.14. The number of rotatable bonds is 8. The van der Waals surface area contributed by atoms with Crippen LogP contribution in [0, 0.1) is 0 Å². The number of carbonyl (C=O) groups excluding carboxylic acids is 2. The van der Waals surface area contributed by atoms with Crippen LogP contribution in [0.1, 0.15) is 18.2 Å². The second-order valence-electron chi connectivity index (χ2n) is 7.74.